The number of nitrogens with zero attached hydrogens (tertiary/aromatic N) is 1. The SMILES string of the molecule is COc1ccc(Cl)cc1C(=O)N/N=C\c1ccc(SC)cc1. The molecule has 114 valence electrons. The van der Waals surface area contributed by atoms with E-state index in [9.17, 15) is 4.79 Å². The van der Waals surface area contributed by atoms with E-state index in [4.69, 9.17) is 16.3 Å². The van der Waals surface area contributed by atoms with Gasteiger partial charge in [-0.15, -0.1) is 11.8 Å². The minimum Gasteiger partial charge on any atom is -0.496 e. The first-order valence-electron chi connectivity index (χ1n) is 6.45. The van der Waals surface area contributed by atoms with Crippen molar-refractivity contribution in [2.75, 3.05) is 13.4 Å². The third-order valence-corrected chi connectivity index (χ3v) is 3.88. The molecule has 6 heteroatoms. The van der Waals surface area contributed by atoms with Crippen LogP contribution in [0.1, 0.15) is 15.9 Å². The molecule has 2 aromatic carbocycles. The van der Waals surface area contributed by atoms with Crippen LogP contribution in [0.5, 0.6) is 5.75 Å². The zero-order valence-electron chi connectivity index (χ0n) is 12.2. The molecule has 0 radical (unpaired) electrons. The Labute approximate surface area is 138 Å². The molecule has 0 unspecified atom stereocenters. The second-order valence-corrected chi connectivity index (χ2v) is 5.63. The Bertz CT molecular complexity index is 687. The van der Waals surface area contributed by atoms with E-state index in [-0.39, 0.29) is 5.91 Å². The van der Waals surface area contributed by atoms with Crippen molar-refractivity contribution in [3.63, 3.8) is 0 Å². The second kappa shape index (κ2) is 7.87. The summed E-state index contributed by atoms with van der Waals surface area (Å²) >= 11 is 7.57. The van der Waals surface area contributed by atoms with Crippen LogP contribution in [-0.2, 0) is 0 Å². The van der Waals surface area contributed by atoms with Gasteiger partial charge in [0, 0.05) is 9.92 Å². The van der Waals surface area contributed by atoms with Gasteiger partial charge in [-0.2, -0.15) is 5.10 Å². The molecule has 0 aliphatic carbocycles. The molecule has 4 nitrogen and oxygen atoms in total. The molecule has 22 heavy (non-hydrogen) atoms. The zero-order valence-corrected chi connectivity index (χ0v) is 13.7. The van der Waals surface area contributed by atoms with Crippen LogP contribution in [0, 0.1) is 0 Å². The van der Waals surface area contributed by atoms with E-state index in [1.165, 1.54) is 12.0 Å². The Morgan fingerprint density at radius 3 is 2.64 bits per heavy atom. The first-order valence-corrected chi connectivity index (χ1v) is 8.05. The van der Waals surface area contributed by atoms with Gasteiger partial charge < -0.3 is 4.74 Å². The molecule has 1 N–H and O–H groups in total. The summed E-state index contributed by atoms with van der Waals surface area (Å²) in [5.41, 5.74) is 3.70. The van der Waals surface area contributed by atoms with E-state index in [1.54, 1.807) is 36.2 Å². The van der Waals surface area contributed by atoms with Crippen molar-refractivity contribution < 1.29 is 9.53 Å². The number of amides is 1. The van der Waals surface area contributed by atoms with Crippen molar-refractivity contribution in [3.8, 4) is 5.75 Å². The second-order valence-electron chi connectivity index (χ2n) is 4.32. The van der Waals surface area contributed by atoms with E-state index >= 15 is 0 Å². The number of hydrogen-bond donors (Lipinski definition) is 1. The van der Waals surface area contributed by atoms with Crippen LogP contribution in [0.15, 0.2) is 52.5 Å². The Morgan fingerprint density at radius 1 is 1.27 bits per heavy atom. The van der Waals surface area contributed by atoms with Gasteiger partial charge in [0.05, 0.1) is 18.9 Å². The lowest BCUT2D eigenvalue weighted by Gasteiger charge is -2.07. The van der Waals surface area contributed by atoms with Crippen LogP contribution in [0.4, 0.5) is 0 Å². The molecule has 0 bridgehead atoms. The quantitative estimate of drug-likeness (QED) is 0.513. The molecule has 0 atom stereocenters. The molecule has 0 aromatic heterocycles. The Morgan fingerprint density at radius 2 is 2.00 bits per heavy atom. The molecule has 0 aliphatic heterocycles. The van der Waals surface area contributed by atoms with Crippen molar-refractivity contribution in [3.05, 3.63) is 58.6 Å². The maximum atomic E-state index is 12.1. The van der Waals surface area contributed by atoms with Gasteiger partial charge in [0.15, 0.2) is 0 Å². The van der Waals surface area contributed by atoms with Crippen molar-refractivity contribution in [2.24, 2.45) is 5.10 Å². The van der Waals surface area contributed by atoms with Gasteiger partial charge in [0.25, 0.3) is 5.91 Å². The summed E-state index contributed by atoms with van der Waals surface area (Å²) in [6.45, 7) is 0. The summed E-state index contributed by atoms with van der Waals surface area (Å²) < 4.78 is 5.14. The molecule has 0 spiro atoms. The van der Waals surface area contributed by atoms with Crippen molar-refractivity contribution >= 4 is 35.5 Å². The Hall–Kier alpha value is -1.98. The molecule has 2 aromatic rings. The number of halogens is 1. The molecule has 0 saturated carbocycles. The molecular weight excluding hydrogens is 320 g/mol. The van der Waals surface area contributed by atoms with E-state index in [0.29, 0.717) is 16.3 Å². The number of thioether (sulfide) groups is 1. The Balaban J connectivity index is 2.05. The number of carbonyl (C=O) groups excluding carboxylic acids is 1. The summed E-state index contributed by atoms with van der Waals surface area (Å²) in [6.07, 6.45) is 3.60. The van der Waals surface area contributed by atoms with Crippen molar-refractivity contribution in [1.29, 1.82) is 0 Å². The smallest absolute Gasteiger partial charge is 0.275 e. The van der Waals surface area contributed by atoms with Crippen LogP contribution < -0.4 is 10.2 Å². The molecule has 0 fully saturated rings. The summed E-state index contributed by atoms with van der Waals surface area (Å²) in [5, 5.41) is 4.41. The van der Waals surface area contributed by atoms with Crippen LogP contribution >= 0.6 is 23.4 Å². The molecule has 0 aliphatic rings. The highest BCUT2D eigenvalue weighted by Crippen LogP contribution is 2.22. The fourth-order valence-corrected chi connectivity index (χ4v) is 2.35. The van der Waals surface area contributed by atoms with E-state index < -0.39 is 0 Å². The number of nitrogens with one attached hydrogen (secondary N) is 1. The summed E-state index contributed by atoms with van der Waals surface area (Å²) in [6, 6.07) is 12.7. The summed E-state index contributed by atoms with van der Waals surface area (Å²) in [5.74, 6) is 0.0674. The van der Waals surface area contributed by atoms with Gasteiger partial charge in [-0.05, 0) is 42.2 Å². The average Bonchev–Trinajstić information content (AvgIpc) is 2.55. The van der Waals surface area contributed by atoms with Gasteiger partial charge in [-0.1, -0.05) is 23.7 Å². The van der Waals surface area contributed by atoms with E-state index in [2.05, 4.69) is 10.5 Å². The van der Waals surface area contributed by atoms with Gasteiger partial charge in [0.1, 0.15) is 5.75 Å². The predicted molar refractivity (Wildman–Crippen MR) is 91.3 cm³/mol. The van der Waals surface area contributed by atoms with E-state index in [1.807, 2.05) is 30.5 Å². The van der Waals surface area contributed by atoms with Crippen LogP contribution in [0.25, 0.3) is 0 Å². The number of carbonyl (C=O) groups is 1. The summed E-state index contributed by atoms with van der Waals surface area (Å²) in [7, 11) is 1.50. The largest absolute Gasteiger partial charge is 0.496 e. The minimum absolute atomic E-state index is 0.338. The third-order valence-electron chi connectivity index (χ3n) is 2.90. The highest BCUT2D eigenvalue weighted by atomic mass is 35.5. The number of ether oxygens (including phenoxy) is 1. The standard InChI is InChI=1S/C16H15ClN2O2S/c1-21-15-8-5-12(17)9-14(15)16(20)19-18-10-11-3-6-13(22-2)7-4-11/h3-10H,1-2H3,(H,19,20)/b18-10-. The third kappa shape index (κ3) is 4.26. The molecule has 0 heterocycles. The van der Waals surface area contributed by atoms with Gasteiger partial charge >= 0.3 is 0 Å². The summed E-state index contributed by atoms with van der Waals surface area (Å²) in [4.78, 5) is 13.3. The molecular formula is C16H15ClN2O2S. The lowest BCUT2D eigenvalue weighted by molar-refractivity contribution is 0.0952. The highest BCUT2D eigenvalue weighted by molar-refractivity contribution is 7.98. The maximum absolute atomic E-state index is 12.1. The predicted octanol–water partition coefficient (Wildman–Crippen LogP) is 3.83. The lowest BCUT2D eigenvalue weighted by Crippen LogP contribution is -2.18. The number of hydrogen-bond acceptors (Lipinski definition) is 4. The number of benzene rings is 2. The first kappa shape index (κ1) is 16.4. The fraction of sp³-hybridized carbons (Fsp3) is 0.125. The van der Waals surface area contributed by atoms with Crippen LogP contribution in [-0.4, -0.2) is 25.5 Å². The van der Waals surface area contributed by atoms with Gasteiger partial charge in [-0.25, -0.2) is 5.43 Å². The minimum atomic E-state index is -0.378. The maximum Gasteiger partial charge on any atom is 0.275 e. The molecule has 1 amide bonds. The van der Waals surface area contributed by atoms with Crippen molar-refractivity contribution in [2.45, 2.75) is 4.90 Å². The fourth-order valence-electron chi connectivity index (χ4n) is 1.77. The van der Waals surface area contributed by atoms with Crippen LogP contribution in [0.2, 0.25) is 5.02 Å². The number of hydrazone groups is 1. The first-order chi connectivity index (χ1) is 10.6. The lowest BCUT2D eigenvalue weighted by atomic mass is 10.2. The normalized spacial score (nSPS) is 10.7. The monoisotopic (exact) mass is 334 g/mol. The molecule has 2 rings (SSSR count). The average molecular weight is 335 g/mol. The number of rotatable bonds is 5. The van der Waals surface area contributed by atoms with Crippen LogP contribution in [0.3, 0.4) is 0 Å². The van der Waals surface area contributed by atoms with Gasteiger partial charge in [0.2, 0.25) is 0 Å². The topological polar surface area (TPSA) is 50.7 Å². The van der Waals surface area contributed by atoms with Crippen molar-refractivity contribution in [1.82, 2.24) is 5.43 Å². The van der Waals surface area contributed by atoms with E-state index in [0.717, 1.165) is 5.56 Å². The Kier molecular flexibility index (Phi) is 5.86. The highest BCUT2D eigenvalue weighted by Gasteiger charge is 2.11. The van der Waals surface area contributed by atoms with Gasteiger partial charge in [-0.3, -0.25) is 4.79 Å². The molecule has 0 saturated heterocycles. The number of methoxy groups -OCH3 is 1. The zero-order chi connectivity index (χ0) is 15.9.